The van der Waals surface area contributed by atoms with Gasteiger partial charge in [0, 0.05) is 23.9 Å². The molecule has 10 nitrogen and oxygen atoms in total. The summed E-state index contributed by atoms with van der Waals surface area (Å²) in [5.74, 6) is -1.81. The number of nitrogens with one attached hydrogen (secondary N) is 1. The Morgan fingerprint density at radius 1 is 1.26 bits per heavy atom. The first kappa shape index (κ1) is 27.5. The number of carbonyl (C=O) groups excluding carboxylic acids is 3. The monoisotopic (exact) mass is 569 g/mol. The van der Waals surface area contributed by atoms with Crippen molar-refractivity contribution < 1.29 is 49.0 Å². The van der Waals surface area contributed by atoms with Gasteiger partial charge in [0.15, 0.2) is 4.34 Å². The van der Waals surface area contributed by atoms with E-state index < -0.39 is 34.6 Å². The number of amides is 2. The molecule has 2 atom stereocenters. The number of hydrogen-bond acceptors (Lipinski definition) is 10. The quantitative estimate of drug-likeness (QED) is 0.218. The Morgan fingerprint density at radius 2 is 1.94 bits per heavy atom. The number of aliphatic carboxylic acids is 1. The van der Waals surface area contributed by atoms with E-state index in [2.05, 4.69) is 15.5 Å². The normalized spacial score (nSPS) is 19.3. The van der Waals surface area contributed by atoms with Gasteiger partial charge in [-0.25, -0.2) is 0 Å². The first-order chi connectivity index (χ1) is 15.7. The molecule has 1 N–H and O–H groups in total. The Hall–Kier alpha value is -1.06. The van der Waals surface area contributed by atoms with Crippen LogP contribution in [0.1, 0.15) is 5.01 Å². The summed E-state index contributed by atoms with van der Waals surface area (Å²) in [7, 11) is 0. The molecule has 0 radical (unpaired) electrons. The third-order valence-corrected chi connectivity index (χ3v) is 8.69. The molecule has 174 valence electrons. The van der Waals surface area contributed by atoms with E-state index in [0.717, 1.165) is 9.91 Å². The van der Waals surface area contributed by atoms with E-state index in [1.54, 1.807) is 0 Å². The summed E-state index contributed by atoms with van der Waals surface area (Å²) in [5.41, 5.74) is -0.165. The van der Waals surface area contributed by atoms with Crippen molar-refractivity contribution in [3.05, 3.63) is 48.9 Å². The number of fused-ring (bicyclic) bond motifs is 1. The number of aromatic nitrogens is 3. The zero-order valence-corrected chi connectivity index (χ0v) is 23.7. The van der Waals surface area contributed by atoms with Crippen molar-refractivity contribution in [2.24, 2.45) is 0 Å². The molecule has 2 aliphatic rings. The van der Waals surface area contributed by atoms with Crippen molar-refractivity contribution in [1.29, 1.82) is 0 Å². The number of thioether (sulfide) groups is 2. The van der Waals surface area contributed by atoms with E-state index in [9.17, 15) is 24.3 Å². The van der Waals surface area contributed by atoms with E-state index >= 15 is 0 Å². The second-order valence-corrected chi connectivity index (χ2v) is 11.3. The van der Waals surface area contributed by atoms with E-state index in [1.165, 1.54) is 51.8 Å². The second-order valence-electron chi connectivity index (χ2n) is 7.03. The van der Waals surface area contributed by atoms with Crippen LogP contribution in [0.5, 0.6) is 0 Å². The number of nitrogens with zero attached hydrogens (tertiary/aromatic N) is 4. The van der Waals surface area contributed by atoms with E-state index in [4.69, 9.17) is 23.2 Å². The Balaban J connectivity index is 0.00000324. The van der Waals surface area contributed by atoms with Crippen LogP contribution in [0.4, 0.5) is 0 Å². The molecular formula is C18H14Cl2N5NaO5S3. The van der Waals surface area contributed by atoms with Crippen LogP contribution in [-0.4, -0.2) is 60.4 Å². The maximum Gasteiger partial charge on any atom is 1.00 e. The van der Waals surface area contributed by atoms with Gasteiger partial charge in [-0.15, -0.1) is 22.0 Å². The Morgan fingerprint density at radius 3 is 2.53 bits per heavy atom. The molecule has 0 bridgehead atoms. The number of pyridine rings is 1. The topological polar surface area (TPSA) is 137 Å². The number of carboxylic acid groups (broad SMARTS) is 1. The van der Waals surface area contributed by atoms with Crippen molar-refractivity contribution in [1.82, 2.24) is 25.0 Å². The number of halogens is 2. The predicted molar refractivity (Wildman–Crippen MR) is 123 cm³/mol. The summed E-state index contributed by atoms with van der Waals surface area (Å²) in [6.45, 7) is 1.59. The fourth-order valence-electron chi connectivity index (χ4n) is 3.30. The van der Waals surface area contributed by atoms with Gasteiger partial charge in [0.2, 0.25) is 11.3 Å². The van der Waals surface area contributed by atoms with Gasteiger partial charge in [-0.2, -0.15) is 0 Å². The van der Waals surface area contributed by atoms with Crippen molar-refractivity contribution in [3.63, 3.8) is 0 Å². The zero-order valence-electron chi connectivity index (χ0n) is 17.7. The van der Waals surface area contributed by atoms with Gasteiger partial charge in [0.25, 0.3) is 5.91 Å². The first-order valence-electron chi connectivity index (χ1n) is 9.31. The van der Waals surface area contributed by atoms with Crippen LogP contribution in [0.3, 0.4) is 0 Å². The molecule has 2 aliphatic heterocycles. The molecule has 4 rings (SSSR count). The Labute approximate surface area is 237 Å². The van der Waals surface area contributed by atoms with Gasteiger partial charge >= 0.3 is 29.6 Å². The molecule has 34 heavy (non-hydrogen) atoms. The molecule has 0 saturated carbocycles. The molecule has 0 unspecified atom stereocenters. The molecule has 1 fully saturated rings. The van der Waals surface area contributed by atoms with E-state index in [1.807, 2.05) is 6.92 Å². The number of rotatable bonds is 7. The second kappa shape index (κ2) is 11.3. The standard InChI is InChI=1S/C18H15Cl2N5O5S3.Na/c1-7-22-23-18(33-7)32-6-8-5-31-16-12(15(28)25(16)13(8)17(29)30)21-11(26)4-24-2-9(19)14(27)10(20)3-24;/h2-3,12,16H,4-6H2,1H3,(H,21,26)(H,29,30);/q;+1/p-1/t12-,16-;/m0./s1. The number of carboxylic acids is 1. The molecule has 2 amide bonds. The van der Waals surface area contributed by atoms with E-state index in [0.29, 0.717) is 21.4 Å². The average molecular weight is 570 g/mol. The first-order valence-corrected chi connectivity index (χ1v) is 12.9. The molecule has 4 heterocycles. The van der Waals surface area contributed by atoms with Gasteiger partial charge in [-0.3, -0.25) is 19.3 Å². The summed E-state index contributed by atoms with van der Waals surface area (Å²) >= 11 is 15.7. The predicted octanol–water partition coefficient (Wildman–Crippen LogP) is -2.48. The molecule has 16 heteroatoms. The van der Waals surface area contributed by atoms with Crippen LogP contribution in [0.25, 0.3) is 0 Å². The Kier molecular flexibility index (Phi) is 9.18. The van der Waals surface area contributed by atoms with Crippen LogP contribution in [-0.2, 0) is 20.9 Å². The number of β-lactam (4-membered cyclic amide) rings is 1. The summed E-state index contributed by atoms with van der Waals surface area (Å²) in [5, 5.41) is 22.3. The number of carbonyl (C=O) groups is 3. The molecule has 0 spiro atoms. The van der Waals surface area contributed by atoms with Gasteiger partial charge in [-0.1, -0.05) is 46.3 Å². The summed E-state index contributed by atoms with van der Waals surface area (Å²) < 4.78 is 2.03. The average Bonchev–Trinajstić information content (AvgIpc) is 3.18. The molecule has 0 aliphatic carbocycles. The van der Waals surface area contributed by atoms with Gasteiger partial charge in [-0.05, 0) is 12.5 Å². The third-order valence-electron chi connectivity index (χ3n) is 4.75. The molecular weight excluding hydrogens is 556 g/mol. The van der Waals surface area contributed by atoms with Gasteiger partial charge < -0.3 is 19.8 Å². The van der Waals surface area contributed by atoms with Crippen molar-refractivity contribution >= 4 is 75.8 Å². The van der Waals surface area contributed by atoms with Crippen molar-refractivity contribution in [2.45, 2.75) is 29.2 Å². The molecule has 2 aromatic rings. The van der Waals surface area contributed by atoms with Crippen LogP contribution >= 0.6 is 58.1 Å². The fourth-order valence-corrected chi connectivity index (χ4v) is 7.11. The zero-order chi connectivity index (χ0) is 23.9. The molecule has 1 saturated heterocycles. The maximum atomic E-state index is 12.7. The largest absolute Gasteiger partial charge is 1.00 e. The van der Waals surface area contributed by atoms with Gasteiger partial charge in [0.1, 0.15) is 33.0 Å². The van der Waals surface area contributed by atoms with Crippen molar-refractivity contribution in [3.8, 4) is 0 Å². The fraction of sp³-hybridized carbons (Fsp3) is 0.333. The minimum absolute atomic E-state index is 0. The smallest absolute Gasteiger partial charge is 0.543 e. The maximum absolute atomic E-state index is 12.7. The summed E-state index contributed by atoms with van der Waals surface area (Å²) in [6, 6.07) is -0.887. The summed E-state index contributed by atoms with van der Waals surface area (Å²) in [4.78, 5) is 49.8. The Bertz CT molecular complexity index is 1230. The number of aryl methyl sites for hydroxylation is 1. The van der Waals surface area contributed by atoms with Crippen LogP contribution in [0, 0.1) is 6.92 Å². The third kappa shape index (κ3) is 5.67. The number of hydrogen-bond donors (Lipinski definition) is 1. The summed E-state index contributed by atoms with van der Waals surface area (Å²) in [6.07, 6.45) is 2.53. The van der Waals surface area contributed by atoms with E-state index in [-0.39, 0.29) is 51.8 Å². The van der Waals surface area contributed by atoms with Crippen LogP contribution < -0.4 is 45.4 Å². The minimum Gasteiger partial charge on any atom is -0.543 e. The minimum atomic E-state index is -1.44. The van der Waals surface area contributed by atoms with Crippen LogP contribution in [0.2, 0.25) is 10.0 Å². The van der Waals surface area contributed by atoms with Crippen molar-refractivity contribution in [2.75, 3.05) is 11.5 Å². The SMILES string of the molecule is Cc1nnc(SCC2=C(C(=O)[O-])N3C(=O)[C@H](NC(=O)Cn4cc(Cl)c(=O)c(Cl)c4)[C@@H]3SC2)s1.[Na+]. The van der Waals surface area contributed by atoms with Gasteiger partial charge in [0.05, 0.1) is 11.7 Å². The molecule has 0 aromatic carbocycles. The van der Waals surface area contributed by atoms with Crippen LogP contribution in [0.15, 0.2) is 32.8 Å². The molecule has 2 aromatic heterocycles.